The van der Waals surface area contributed by atoms with Crippen LogP contribution in [0.4, 0.5) is 0 Å². The molecule has 3 aromatic rings. The summed E-state index contributed by atoms with van der Waals surface area (Å²) in [6, 6.07) is 13.4. The Morgan fingerprint density at radius 1 is 1.17 bits per heavy atom. The fourth-order valence-electron chi connectivity index (χ4n) is 3.29. The third-order valence-electron chi connectivity index (χ3n) is 4.85. The van der Waals surface area contributed by atoms with E-state index in [0.29, 0.717) is 15.8 Å². The number of aromatic nitrogens is 3. The second kappa shape index (κ2) is 9.39. The average Bonchev–Trinajstić information content (AvgIpc) is 3.38. The first-order chi connectivity index (χ1) is 14.1. The molecule has 0 bridgehead atoms. The van der Waals surface area contributed by atoms with Gasteiger partial charge in [-0.25, -0.2) is 0 Å². The number of ether oxygens (including phenoxy) is 2. The van der Waals surface area contributed by atoms with Crippen LogP contribution in [0.3, 0.4) is 0 Å². The molecule has 2 aromatic carbocycles. The number of benzene rings is 2. The van der Waals surface area contributed by atoms with Gasteiger partial charge in [0.2, 0.25) is 0 Å². The van der Waals surface area contributed by atoms with Crippen LogP contribution in [0.25, 0.3) is 11.4 Å². The molecule has 1 aliphatic heterocycles. The lowest BCUT2D eigenvalue weighted by Crippen LogP contribution is -2.16. The van der Waals surface area contributed by atoms with Gasteiger partial charge in [0.1, 0.15) is 5.75 Å². The molecule has 0 amide bonds. The Morgan fingerprint density at radius 2 is 2.00 bits per heavy atom. The van der Waals surface area contributed by atoms with Gasteiger partial charge >= 0.3 is 0 Å². The minimum Gasteiger partial charge on any atom is -0.497 e. The highest BCUT2D eigenvalue weighted by molar-refractivity contribution is 7.98. The Kier molecular flexibility index (Phi) is 6.65. The molecule has 1 atom stereocenters. The smallest absolute Gasteiger partial charge is 0.191 e. The molecule has 5 nitrogen and oxygen atoms in total. The van der Waals surface area contributed by atoms with Crippen molar-refractivity contribution in [1.82, 2.24) is 14.8 Å². The Bertz CT molecular complexity index is 973. The molecule has 8 heteroatoms. The second-order valence-corrected chi connectivity index (χ2v) is 8.59. The lowest BCUT2D eigenvalue weighted by molar-refractivity contribution is 0.0953. The zero-order chi connectivity index (χ0) is 20.2. The number of hydrogen-bond donors (Lipinski definition) is 0. The molecule has 1 unspecified atom stereocenters. The molecule has 1 aromatic heterocycles. The van der Waals surface area contributed by atoms with Gasteiger partial charge in [-0.05, 0) is 54.8 Å². The Balaban J connectivity index is 1.60. The predicted molar refractivity (Wildman–Crippen MR) is 117 cm³/mol. The molecule has 1 aliphatic rings. The van der Waals surface area contributed by atoms with E-state index in [0.717, 1.165) is 53.9 Å². The first-order valence-electron chi connectivity index (χ1n) is 9.40. The van der Waals surface area contributed by atoms with E-state index in [2.05, 4.69) is 14.8 Å². The summed E-state index contributed by atoms with van der Waals surface area (Å²) < 4.78 is 13.3. The molecule has 29 heavy (non-hydrogen) atoms. The van der Waals surface area contributed by atoms with Gasteiger partial charge in [-0.2, -0.15) is 0 Å². The average molecular weight is 450 g/mol. The van der Waals surface area contributed by atoms with Crippen LogP contribution in [0.2, 0.25) is 10.0 Å². The maximum absolute atomic E-state index is 6.33. The number of hydrogen-bond acceptors (Lipinski definition) is 5. The molecular formula is C21H21Cl2N3O2S. The number of nitrogens with zero attached hydrogens (tertiary/aromatic N) is 3. The van der Waals surface area contributed by atoms with Crippen molar-refractivity contribution < 1.29 is 9.47 Å². The lowest BCUT2D eigenvalue weighted by atomic mass is 10.2. The summed E-state index contributed by atoms with van der Waals surface area (Å²) in [6.07, 6.45) is 2.32. The van der Waals surface area contributed by atoms with Crippen LogP contribution < -0.4 is 4.74 Å². The van der Waals surface area contributed by atoms with E-state index < -0.39 is 0 Å². The Hall–Kier alpha value is -1.73. The van der Waals surface area contributed by atoms with E-state index in [1.54, 1.807) is 24.9 Å². The van der Waals surface area contributed by atoms with Gasteiger partial charge in [0.05, 0.1) is 19.8 Å². The second-order valence-electron chi connectivity index (χ2n) is 6.80. The van der Waals surface area contributed by atoms with Crippen molar-refractivity contribution in [3.63, 3.8) is 0 Å². The van der Waals surface area contributed by atoms with Gasteiger partial charge in [-0.15, -0.1) is 10.2 Å². The fraction of sp³-hybridized carbons (Fsp3) is 0.333. The first-order valence-corrected chi connectivity index (χ1v) is 11.1. The minimum absolute atomic E-state index is 0.182. The molecule has 2 heterocycles. The first kappa shape index (κ1) is 20.5. The molecule has 4 rings (SSSR count). The fourth-order valence-corrected chi connectivity index (χ4v) is 4.79. The van der Waals surface area contributed by atoms with Crippen molar-refractivity contribution in [3.05, 3.63) is 58.1 Å². The molecule has 0 radical (unpaired) electrons. The van der Waals surface area contributed by atoms with Gasteiger partial charge in [-0.1, -0.05) is 41.0 Å². The highest BCUT2D eigenvalue weighted by Crippen LogP contribution is 2.31. The van der Waals surface area contributed by atoms with E-state index in [1.807, 2.05) is 36.4 Å². The molecule has 1 saturated heterocycles. The van der Waals surface area contributed by atoms with Crippen LogP contribution in [0.5, 0.6) is 5.75 Å². The maximum Gasteiger partial charge on any atom is 0.191 e. The quantitative estimate of drug-likeness (QED) is 0.430. The lowest BCUT2D eigenvalue weighted by Gasteiger charge is -2.15. The van der Waals surface area contributed by atoms with Crippen molar-refractivity contribution in [3.8, 4) is 17.1 Å². The molecular weight excluding hydrogens is 429 g/mol. The summed E-state index contributed by atoms with van der Waals surface area (Å²) in [5, 5.41) is 11.1. The van der Waals surface area contributed by atoms with Gasteiger partial charge < -0.3 is 9.47 Å². The van der Waals surface area contributed by atoms with Gasteiger partial charge in [0.15, 0.2) is 11.0 Å². The van der Waals surface area contributed by atoms with Crippen molar-refractivity contribution in [2.75, 3.05) is 13.7 Å². The van der Waals surface area contributed by atoms with Crippen LogP contribution in [0.1, 0.15) is 18.4 Å². The third-order valence-corrected chi connectivity index (χ3v) is 6.45. The third kappa shape index (κ3) is 4.89. The summed E-state index contributed by atoms with van der Waals surface area (Å²) in [5.74, 6) is 2.32. The van der Waals surface area contributed by atoms with E-state index in [1.165, 1.54) is 0 Å². The van der Waals surface area contributed by atoms with Crippen LogP contribution in [-0.2, 0) is 17.0 Å². The van der Waals surface area contributed by atoms with Crippen molar-refractivity contribution in [2.45, 2.75) is 36.4 Å². The molecule has 0 spiro atoms. The van der Waals surface area contributed by atoms with E-state index in [4.69, 9.17) is 32.7 Å². The van der Waals surface area contributed by atoms with Crippen molar-refractivity contribution in [2.24, 2.45) is 0 Å². The monoisotopic (exact) mass is 449 g/mol. The van der Waals surface area contributed by atoms with Crippen molar-refractivity contribution in [1.29, 1.82) is 0 Å². The Labute approximate surface area is 184 Å². The van der Waals surface area contributed by atoms with Crippen LogP contribution in [-0.4, -0.2) is 34.6 Å². The highest BCUT2D eigenvalue weighted by Gasteiger charge is 2.22. The molecule has 0 N–H and O–H groups in total. The zero-order valence-corrected chi connectivity index (χ0v) is 18.3. The van der Waals surface area contributed by atoms with Crippen LogP contribution in [0, 0.1) is 0 Å². The van der Waals surface area contributed by atoms with Gasteiger partial charge in [-0.3, -0.25) is 4.57 Å². The van der Waals surface area contributed by atoms with Crippen LogP contribution in [0.15, 0.2) is 47.6 Å². The topological polar surface area (TPSA) is 49.2 Å². The summed E-state index contributed by atoms with van der Waals surface area (Å²) in [6.45, 7) is 1.54. The van der Waals surface area contributed by atoms with Gasteiger partial charge in [0.25, 0.3) is 0 Å². The number of thioether (sulfide) groups is 1. The summed E-state index contributed by atoms with van der Waals surface area (Å²) in [7, 11) is 1.66. The normalized spacial score (nSPS) is 16.3. The molecule has 152 valence electrons. The van der Waals surface area contributed by atoms with E-state index in [9.17, 15) is 0 Å². The maximum atomic E-state index is 6.33. The molecule has 0 saturated carbocycles. The molecule has 0 aliphatic carbocycles. The number of rotatable bonds is 7. The van der Waals surface area contributed by atoms with Gasteiger partial charge in [0, 0.05) is 28.0 Å². The zero-order valence-electron chi connectivity index (χ0n) is 16.0. The highest BCUT2D eigenvalue weighted by atomic mass is 35.5. The summed E-state index contributed by atoms with van der Waals surface area (Å²) in [5.41, 5.74) is 2.01. The SMILES string of the molecule is COc1ccc(-c2nnc(SCc3ccc(Cl)cc3Cl)n2CC2CCCO2)cc1. The largest absolute Gasteiger partial charge is 0.497 e. The Morgan fingerprint density at radius 3 is 2.69 bits per heavy atom. The number of methoxy groups -OCH3 is 1. The minimum atomic E-state index is 0.182. The van der Waals surface area contributed by atoms with Crippen LogP contribution >= 0.6 is 35.0 Å². The van der Waals surface area contributed by atoms with Crippen molar-refractivity contribution >= 4 is 35.0 Å². The predicted octanol–water partition coefficient (Wildman–Crippen LogP) is 5.73. The van der Waals surface area contributed by atoms with E-state index in [-0.39, 0.29) is 6.10 Å². The standard InChI is InChI=1S/C21H21Cl2N3O2S/c1-27-17-8-5-14(6-9-17)20-24-25-21(26(20)12-18-3-2-10-28-18)29-13-15-4-7-16(22)11-19(15)23/h4-9,11,18H,2-3,10,12-13H2,1H3. The molecule has 1 fully saturated rings. The summed E-state index contributed by atoms with van der Waals surface area (Å²) in [4.78, 5) is 0. The number of halogens is 2. The summed E-state index contributed by atoms with van der Waals surface area (Å²) >= 11 is 13.9. The van der Waals surface area contributed by atoms with E-state index >= 15 is 0 Å².